The van der Waals surface area contributed by atoms with E-state index in [-0.39, 0.29) is 12.5 Å². The van der Waals surface area contributed by atoms with Crippen molar-refractivity contribution in [3.63, 3.8) is 0 Å². The number of hydrogen-bond donors (Lipinski definition) is 1. The van der Waals surface area contributed by atoms with Crippen LogP contribution < -0.4 is 4.74 Å². The summed E-state index contributed by atoms with van der Waals surface area (Å²) < 4.78 is 11.5. The minimum Gasteiger partial charge on any atom is -0.489 e. The van der Waals surface area contributed by atoms with E-state index in [1.807, 2.05) is 30.3 Å². The highest BCUT2D eigenvalue weighted by Crippen LogP contribution is 2.33. The molecule has 1 saturated carbocycles. The Hall–Kier alpha value is -1.75. The van der Waals surface area contributed by atoms with Crippen molar-refractivity contribution >= 4 is 29.2 Å². The molecule has 2 aromatic rings. The van der Waals surface area contributed by atoms with Crippen LogP contribution in [0.5, 0.6) is 5.75 Å². The van der Waals surface area contributed by atoms with Crippen molar-refractivity contribution in [1.82, 2.24) is 0 Å². The summed E-state index contributed by atoms with van der Waals surface area (Å²) in [6.07, 6.45) is 1.73. The molecule has 0 spiro atoms. The van der Waals surface area contributed by atoms with Crippen LogP contribution in [0.3, 0.4) is 0 Å². The number of ether oxygens (including phenoxy) is 2. The molecule has 4 nitrogen and oxygen atoms in total. The molecule has 0 radical (unpaired) electrons. The molecule has 132 valence electrons. The molecule has 0 aromatic heterocycles. The molecule has 0 bridgehead atoms. The molecular weight excluding hydrogens is 363 g/mol. The summed E-state index contributed by atoms with van der Waals surface area (Å²) in [5.41, 5.74) is 1.76. The average molecular weight is 381 g/mol. The zero-order valence-corrected chi connectivity index (χ0v) is 15.0. The first kappa shape index (κ1) is 18.1. The number of rotatable bonds is 8. The number of carboxylic acids is 1. The summed E-state index contributed by atoms with van der Waals surface area (Å²) in [4.78, 5) is 11.0. The second kappa shape index (κ2) is 8.09. The van der Waals surface area contributed by atoms with Gasteiger partial charge in [0.2, 0.25) is 0 Å². The van der Waals surface area contributed by atoms with Gasteiger partial charge in [0.1, 0.15) is 12.4 Å². The van der Waals surface area contributed by atoms with Crippen molar-refractivity contribution < 1.29 is 19.4 Å². The van der Waals surface area contributed by atoms with Crippen LogP contribution in [0.1, 0.15) is 36.5 Å². The largest absolute Gasteiger partial charge is 0.489 e. The smallest absolute Gasteiger partial charge is 0.306 e. The predicted molar refractivity (Wildman–Crippen MR) is 96.3 cm³/mol. The Kier molecular flexibility index (Phi) is 5.84. The third kappa shape index (κ3) is 5.36. The van der Waals surface area contributed by atoms with Crippen molar-refractivity contribution in [2.45, 2.75) is 38.1 Å². The lowest BCUT2D eigenvalue weighted by atomic mass is 10.1. The van der Waals surface area contributed by atoms with Crippen molar-refractivity contribution in [2.75, 3.05) is 0 Å². The highest BCUT2D eigenvalue weighted by atomic mass is 35.5. The summed E-state index contributed by atoms with van der Waals surface area (Å²) in [7, 11) is 0. The highest BCUT2D eigenvalue weighted by Gasteiger charge is 2.28. The van der Waals surface area contributed by atoms with Gasteiger partial charge in [0.15, 0.2) is 0 Å². The van der Waals surface area contributed by atoms with Gasteiger partial charge in [-0.05, 0) is 48.2 Å². The molecule has 6 heteroatoms. The van der Waals surface area contributed by atoms with Crippen LogP contribution in [-0.2, 0) is 16.1 Å². The Morgan fingerprint density at radius 2 is 1.84 bits per heavy atom. The first-order valence-corrected chi connectivity index (χ1v) is 8.81. The van der Waals surface area contributed by atoms with E-state index < -0.39 is 12.1 Å². The summed E-state index contributed by atoms with van der Waals surface area (Å²) in [6.45, 7) is 0.368. The second-order valence-electron chi connectivity index (χ2n) is 6.03. The fourth-order valence-electron chi connectivity index (χ4n) is 2.41. The standard InChI is InChI=1S/C19H18Cl2O4/c20-16-8-1-12(9-17(16)21)11-24-14-4-2-13(3-5-14)18(10-19(22)23)25-15-6-7-15/h1-5,8-9,15,18H,6-7,10-11H2,(H,22,23). The monoisotopic (exact) mass is 380 g/mol. The average Bonchev–Trinajstić information content (AvgIpc) is 3.39. The van der Waals surface area contributed by atoms with Gasteiger partial charge >= 0.3 is 5.97 Å². The molecule has 1 fully saturated rings. The first-order chi connectivity index (χ1) is 12.0. The van der Waals surface area contributed by atoms with E-state index in [0.717, 1.165) is 24.0 Å². The lowest BCUT2D eigenvalue weighted by Crippen LogP contribution is -2.11. The molecular formula is C19H18Cl2O4. The highest BCUT2D eigenvalue weighted by molar-refractivity contribution is 6.42. The van der Waals surface area contributed by atoms with Crippen LogP contribution in [0.2, 0.25) is 10.0 Å². The van der Waals surface area contributed by atoms with Crippen molar-refractivity contribution in [2.24, 2.45) is 0 Å². The molecule has 0 aliphatic heterocycles. The maximum atomic E-state index is 11.0. The van der Waals surface area contributed by atoms with Gasteiger partial charge in [-0.25, -0.2) is 0 Å². The molecule has 25 heavy (non-hydrogen) atoms. The molecule has 1 aliphatic rings. The van der Waals surface area contributed by atoms with Gasteiger partial charge in [-0.2, -0.15) is 0 Å². The Labute approximate surface area is 156 Å². The van der Waals surface area contributed by atoms with Crippen LogP contribution >= 0.6 is 23.2 Å². The fraction of sp³-hybridized carbons (Fsp3) is 0.316. The van der Waals surface area contributed by atoms with Gasteiger partial charge in [0.25, 0.3) is 0 Å². The van der Waals surface area contributed by atoms with Crippen LogP contribution in [0.25, 0.3) is 0 Å². The zero-order valence-electron chi connectivity index (χ0n) is 13.5. The molecule has 3 rings (SSSR count). The molecule has 1 N–H and O–H groups in total. The molecule has 0 heterocycles. The van der Waals surface area contributed by atoms with E-state index >= 15 is 0 Å². The number of halogens is 2. The van der Waals surface area contributed by atoms with E-state index in [1.165, 1.54) is 0 Å². The third-order valence-corrected chi connectivity index (χ3v) is 4.62. The quantitative estimate of drug-likeness (QED) is 0.677. The van der Waals surface area contributed by atoms with Crippen molar-refractivity contribution in [3.8, 4) is 5.75 Å². The number of hydrogen-bond acceptors (Lipinski definition) is 3. The van der Waals surface area contributed by atoms with Crippen LogP contribution in [0.4, 0.5) is 0 Å². The Morgan fingerprint density at radius 3 is 2.44 bits per heavy atom. The minimum atomic E-state index is -0.870. The van der Waals surface area contributed by atoms with E-state index in [9.17, 15) is 4.79 Å². The summed E-state index contributed by atoms with van der Waals surface area (Å²) in [6, 6.07) is 12.7. The van der Waals surface area contributed by atoms with E-state index in [1.54, 1.807) is 12.1 Å². The van der Waals surface area contributed by atoms with E-state index in [4.69, 9.17) is 37.8 Å². The van der Waals surface area contributed by atoms with E-state index in [2.05, 4.69) is 0 Å². The lowest BCUT2D eigenvalue weighted by Gasteiger charge is -2.17. The fourth-order valence-corrected chi connectivity index (χ4v) is 2.74. The Balaban J connectivity index is 1.61. The topological polar surface area (TPSA) is 55.8 Å². The maximum absolute atomic E-state index is 11.0. The van der Waals surface area contributed by atoms with Crippen molar-refractivity contribution in [3.05, 3.63) is 63.6 Å². The van der Waals surface area contributed by atoms with Crippen LogP contribution in [-0.4, -0.2) is 17.2 Å². The van der Waals surface area contributed by atoms with Crippen LogP contribution in [0, 0.1) is 0 Å². The number of aliphatic carboxylic acids is 1. The predicted octanol–water partition coefficient (Wildman–Crippen LogP) is 5.27. The summed E-state index contributed by atoms with van der Waals surface area (Å²) >= 11 is 11.9. The van der Waals surface area contributed by atoms with Gasteiger partial charge in [-0.1, -0.05) is 41.4 Å². The van der Waals surface area contributed by atoms with Gasteiger partial charge in [-0.3, -0.25) is 4.79 Å². The second-order valence-corrected chi connectivity index (χ2v) is 6.84. The molecule has 1 unspecified atom stereocenters. The SMILES string of the molecule is O=C(O)CC(OC1CC1)c1ccc(OCc2ccc(Cl)c(Cl)c2)cc1. The molecule has 0 amide bonds. The van der Waals surface area contributed by atoms with Gasteiger partial charge in [-0.15, -0.1) is 0 Å². The minimum absolute atomic E-state index is 0.0417. The zero-order chi connectivity index (χ0) is 17.8. The van der Waals surface area contributed by atoms with Crippen molar-refractivity contribution in [1.29, 1.82) is 0 Å². The Bertz CT molecular complexity index is 742. The maximum Gasteiger partial charge on any atom is 0.306 e. The molecule has 0 saturated heterocycles. The van der Waals surface area contributed by atoms with Gasteiger partial charge in [0, 0.05) is 0 Å². The van der Waals surface area contributed by atoms with Gasteiger partial charge < -0.3 is 14.6 Å². The number of benzene rings is 2. The summed E-state index contributed by atoms with van der Waals surface area (Å²) in [5.74, 6) is -0.180. The van der Waals surface area contributed by atoms with E-state index in [0.29, 0.717) is 22.4 Å². The van der Waals surface area contributed by atoms with Gasteiger partial charge in [0.05, 0.1) is 28.7 Å². The normalized spacial score (nSPS) is 15.0. The first-order valence-electron chi connectivity index (χ1n) is 8.05. The molecule has 1 aliphatic carbocycles. The summed E-state index contributed by atoms with van der Waals surface area (Å²) in [5, 5.41) is 10.1. The Morgan fingerprint density at radius 1 is 1.12 bits per heavy atom. The number of carboxylic acid groups (broad SMARTS) is 1. The molecule has 2 aromatic carbocycles. The third-order valence-electron chi connectivity index (χ3n) is 3.88. The lowest BCUT2D eigenvalue weighted by molar-refractivity contribution is -0.140. The molecule has 1 atom stereocenters. The number of carbonyl (C=O) groups is 1. The van der Waals surface area contributed by atoms with Crippen LogP contribution in [0.15, 0.2) is 42.5 Å².